The smallest absolute Gasteiger partial charge is 0.253 e. The van der Waals surface area contributed by atoms with Crippen molar-refractivity contribution in [2.75, 3.05) is 31.2 Å². The van der Waals surface area contributed by atoms with E-state index in [-0.39, 0.29) is 22.4 Å². The number of hydrogen-bond acceptors (Lipinski definition) is 5. The Labute approximate surface area is 194 Å². The van der Waals surface area contributed by atoms with Gasteiger partial charge in [0.05, 0.1) is 29.7 Å². The van der Waals surface area contributed by atoms with Gasteiger partial charge in [-0.3, -0.25) is 4.79 Å². The zero-order chi connectivity index (χ0) is 23.4. The number of amides is 1. The molecule has 1 unspecified atom stereocenters. The molecule has 0 radical (unpaired) electrons. The van der Waals surface area contributed by atoms with E-state index in [0.717, 1.165) is 16.7 Å². The van der Waals surface area contributed by atoms with Gasteiger partial charge in [-0.05, 0) is 41.8 Å². The van der Waals surface area contributed by atoms with Crippen molar-refractivity contribution in [3.63, 3.8) is 0 Å². The number of carbonyl (C=O) groups excluding carboxylic acids is 1. The lowest BCUT2D eigenvalue weighted by atomic mass is 10.0. The molecular formula is C25H27N3O4S. The van der Waals surface area contributed by atoms with Crippen LogP contribution in [-0.4, -0.2) is 40.6 Å². The highest BCUT2D eigenvalue weighted by Gasteiger charge is 2.23. The number of morpholine rings is 1. The number of nitrogens with zero attached hydrogens (tertiary/aromatic N) is 1. The molecule has 1 aliphatic rings. The maximum absolute atomic E-state index is 13.3. The molecule has 4 rings (SSSR count). The van der Waals surface area contributed by atoms with Gasteiger partial charge in [0, 0.05) is 18.8 Å². The van der Waals surface area contributed by atoms with Gasteiger partial charge in [0.25, 0.3) is 5.91 Å². The second kappa shape index (κ2) is 9.74. The van der Waals surface area contributed by atoms with Crippen molar-refractivity contribution in [1.82, 2.24) is 5.32 Å². The number of hydrogen-bond donors (Lipinski definition) is 2. The molecule has 1 atom stereocenters. The van der Waals surface area contributed by atoms with Gasteiger partial charge >= 0.3 is 0 Å². The fraction of sp³-hybridized carbons (Fsp3) is 0.240. The van der Waals surface area contributed by atoms with Crippen molar-refractivity contribution in [2.45, 2.75) is 17.9 Å². The average Bonchev–Trinajstić information content (AvgIpc) is 2.84. The predicted octanol–water partition coefficient (Wildman–Crippen LogP) is 3.33. The molecule has 1 fully saturated rings. The van der Waals surface area contributed by atoms with Gasteiger partial charge in [-0.25, -0.2) is 13.6 Å². The third-order valence-corrected chi connectivity index (χ3v) is 6.67. The summed E-state index contributed by atoms with van der Waals surface area (Å²) < 4.78 is 29.2. The molecule has 3 aromatic rings. The summed E-state index contributed by atoms with van der Waals surface area (Å²) in [4.78, 5) is 15.2. The van der Waals surface area contributed by atoms with Crippen molar-refractivity contribution in [3.8, 4) is 11.1 Å². The van der Waals surface area contributed by atoms with Gasteiger partial charge in [0.1, 0.15) is 0 Å². The third-order valence-electron chi connectivity index (χ3n) is 5.76. The minimum atomic E-state index is -3.94. The molecule has 33 heavy (non-hydrogen) atoms. The van der Waals surface area contributed by atoms with Gasteiger partial charge in [-0.2, -0.15) is 0 Å². The molecule has 1 saturated heterocycles. The Kier molecular flexibility index (Phi) is 6.78. The van der Waals surface area contributed by atoms with Crippen LogP contribution < -0.4 is 15.4 Å². The fourth-order valence-corrected chi connectivity index (χ4v) is 4.45. The molecule has 1 heterocycles. The molecule has 0 saturated carbocycles. The minimum absolute atomic E-state index is 0.0930. The quantitative estimate of drug-likeness (QED) is 0.581. The zero-order valence-corrected chi connectivity index (χ0v) is 19.2. The number of benzene rings is 3. The third kappa shape index (κ3) is 5.42. The highest BCUT2D eigenvalue weighted by atomic mass is 32.2. The Morgan fingerprint density at radius 3 is 2.24 bits per heavy atom. The molecule has 0 aliphatic carbocycles. The Morgan fingerprint density at radius 2 is 1.61 bits per heavy atom. The lowest BCUT2D eigenvalue weighted by Crippen LogP contribution is -2.38. The van der Waals surface area contributed by atoms with E-state index < -0.39 is 10.0 Å². The molecule has 172 valence electrons. The molecule has 7 nitrogen and oxygen atoms in total. The first kappa shape index (κ1) is 23.0. The highest BCUT2D eigenvalue weighted by Crippen LogP contribution is 2.26. The molecule has 1 amide bonds. The number of nitrogens with two attached hydrogens (primary N) is 1. The van der Waals surface area contributed by atoms with Crippen LogP contribution in [0.15, 0.2) is 77.7 Å². The topological polar surface area (TPSA) is 102 Å². The van der Waals surface area contributed by atoms with Gasteiger partial charge < -0.3 is 15.0 Å². The van der Waals surface area contributed by atoms with E-state index in [0.29, 0.717) is 32.0 Å². The molecule has 0 spiro atoms. The second-order valence-corrected chi connectivity index (χ2v) is 9.57. The van der Waals surface area contributed by atoms with Crippen LogP contribution in [0.2, 0.25) is 0 Å². The first-order valence-corrected chi connectivity index (χ1v) is 12.3. The van der Waals surface area contributed by atoms with E-state index in [1.807, 2.05) is 66.4 Å². The molecule has 3 N–H and O–H groups in total. The van der Waals surface area contributed by atoms with E-state index in [1.54, 1.807) is 6.07 Å². The summed E-state index contributed by atoms with van der Waals surface area (Å²) in [7, 11) is -3.94. The van der Waals surface area contributed by atoms with Crippen LogP contribution in [0.3, 0.4) is 0 Å². The summed E-state index contributed by atoms with van der Waals surface area (Å²) >= 11 is 0. The average molecular weight is 466 g/mol. The fourth-order valence-electron chi connectivity index (χ4n) is 3.91. The van der Waals surface area contributed by atoms with Gasteiger partial charge in [-0.1, -0.05) is 54.6 Å². The number of primary sulfonamides is 1. The van der Waals surface area contributed by atoms with E-state index in [2.05, 4.69) is 5.32 Å². The summed E-state index contributed by atoms with van der Waals surface area (Å²) in [5.74, 6) is -0.360. The first-order chi connectivity index (χ1) is 15.8. The Hall–Kier alpha value is -3.20. The molecule has 3 aromatic carbocycles. The number of ether oxygens (including phenoxy) is 1. The van der Waals surface area contributed by atoms with E-state index in [4.69, 9.17) is 9.88 Å². The first-order valence-electron chi connectivity index (χ1n) is 10.8. The van der Waals surface area contributed by atoms with Crippen molar-refractivity contribution < 1.29 is 17.9 Å². The van der Waals surface area contributed by atoms with Crippen LogP contribution in [0, 0.1) is 0 Å². The number of anilines is 1. The monoisotopic (exact) mass is 465 g/mol. The molecule has 0 aromatic heterocycles. The van der Waals surface area contributed by atoms with Crippen molar-refractivity contribution >= 4 is 21.6 Å². The summed E-state index contributed by atoms with van der Waals surface area (Å²) in [6.45, 7) is 4.22. The van der Waals surface area contributed by atoms with Crippen molar-refractivity contribution in [1.29, 1.82) is 0 Å². The molecule has 1 aliphatic heterocycles. The maximum atomic E-state index is 13.3. The van der Waals surface area contributed by atoms with Gasteiger partial charge in [0.15, 0.2) is 0 Å². The predicted molar refractivity (Wildman–Crippen MR) is 129 cm³/mol. The van der Waals surface area contributed by atoms with E-state index in [1.165, 1.54) is 12.1 Å². The number of carbonyl (C=O) groups is 1. The van der Waals surface area contributed by atoms with Crippen LogP contribution in [0.5, 0.6) is 0 Å². The standard InChI is InChI=1S/C25H27N3O4S/c1-18(19-7-9-21(10-8-19)20-5-3-2-4-6-20)27-25(29)23-17-22(33(26,30)31)11-12-24(23)28-13-15-32-16-14-28/h2-12,17-18H,13-16H2,1H3,(H,27,29)(H2,26,30,31). The van der Waals surface area contributed by atoms with Crippen LogP contribution in [0.4, 0.5) is 5.69 Å². The number of nitrogens with one attached hydrogen (secondary N) is 1. The normalized spacial score (nSPS) is 15.2. The lowest BCUT2D eigenvalue weighted by Gasteiger charge is -2.30. The summed E-state index contributed by atoms with van der Waals surface area (Å²) in [5, 5.41) is 8.31. The summed E-state index contributed by atoms with van der Waals surface area (Å²) in [6.07, 6.45) is 0. The van der Waals surface area contributed by atoms with E-state index in [9.17, 15) is 13.2 Å². The lowest BCUT2D eigenvalue weighted by molar-refractivity contribution is 0.0938. The van der Waals surface area contributed by atoms with Crippen LogP contribution in [0.1, 0.15) is 28.9 Å². The Morgan fingerprint density at radius 1 is 0.970 bits per heavy atom. The van der Waals surface area contributed by atoms with Crippen LogP contribution in [0.25, 0.3) is 11.1 Å². The highest BCUT2D eigenvalue weighted by molar-refractivity contribution is 7.89. The summed E-state index contributed by atoms with van der Waals surface area (Å²) in [6, 6.07) is 22.2. The second-order valence-electron chi connectivity index (χ2n) is 8.01. The van der Waals surface area contributed by atoms with Crippen molar-refractivity contribution in [3.05, 3.63) is 83.9 Å². The number of sulfonamides is 1. The SMILES string of the molecule is CC(NC(=O)c1cc(S(N)(=O)=O)ccc1N1CCOCC1)c1ccc(-c2ccccc2)cc1. The molecular weight excluding hydrogens is 438 g/mol. The minimum Gasteiger partial charge on any atom is -0.378 e. The molecule has 0 bridgehead atoms. The van der Waals surface area contributed by atoms with Crippen LogP contribution >= 0.6 is 0 Å². The van der Waals surface area contributed by atoms with E-state index >= 15 is 0 Å². The van der Waals surface area contributed by atoms with Crippen molar-refractivity contribution in [2.24, 2.45) is 5.14 Å². The Bertz CT molecular complexity index is 1220. The largest absolute Gasteiger partial charge is 0.378 e. The van der Waals surface area contributed by atoms with Gasteiger partial charge in [-0.15, -0.1) is 0 Å². The molecule has 8 heteroatoms. The maximum Gasteiger partial charge on any atom is 0.253 e. The number of rotatable bonds is 6. The van der Waals surface area contributed by atoms with Gasteiger partial charge in [0.2, 0.25) is 10.0 Å². The zero-order valence-electron chi connectivity index (χ0n) is 18.4. The summed E-state index contributed by atoms with van der Waals surface area (Å²) in [5.41, 5.74) is 4.09. The Balaban J connectivity index is 1.57. The van der Waals surface area contributed by atoms with Crippen LogP contribution in [-0.2, 0) is 14.8 Å².